The number of rotatable bonds is 3. The van der Waals surface area contributed by atoms with Crippen molar-refractivity contribution in [3.8, 4) is 0 Å². The molecule has 23 heavy (non-hydrogen) atoms. The Labute approximate surface area is 138 Å². The third-order valence-corrected chi connectivity index (χ3v) is 4.93. The van der Waals surface area contributed by atoms with Gasteiger partial charge in [0.25, 0.3) is 10.0 Å². The maximum Gasteiger partial charge on any atom is 0.281 e. The molecule has 0 saturated heterocycles. The molecule has 0 aliphatic rings. The van der Waals surface area contributed by atoms with Crippen molar-refractivity contribution < 1.29 is 8.42 Å². The second kappa shape index (κ2) is 5.75. The lowest BCUT2D eigenvalue weighted by Crippen LogP contribution is -2.17. The predicted molar refractivity (Wildman–Crippen MR) is 89.1 cm³/mol. The molecule has 0 radical (unpaired) electrons. The van der Waals surface area contributed by atoms with E-state index in [9.17, 15) is 8.42 Å². The fraction of sp³-hybridized carbons (Fsp3) is 0.133. The Hall–Kier alpha value is -2.25. The highest BCUT2D eigenvalue weighted by molar-refractivity contribution is 7.92. The van der Waals surface area contributed by atoms with Gasteiger partial charge in [0.05, 0.1) is 27.6 Å². The second-order valence-corrected chi connectivity index (χ2v) is 7.01. The van der Waals surface area contributed by atoms with Crippen LogP contribution in [0.15, 0.2) is 41.7 Å². The molecule has 3 rings (SSSR count). The molecule has 1 N–H and O–H groups in total. The largest absolute Gasteiger partial charge is 0.281 e. The van der Waals surface area contributed by atoms with Gasteiger partial charge in [-0.2, -0.15) is 8.42 Å². The highest BCUT2D eigenvalue weighted by atomic mass is 35.5. The lowest BCUT2D eigenvalue weighted by atomic mass is 10.2. The van der Waals surface area contributed by atoms with E-state index in [0.29, 0.717) is 16.9 Å². The predicted octanol–water partition coefficient (Wildman–Crippen LogP) is 3.10. The van der Waals surface area contributed by atoms with Crippen molar-refractivity contribution in [2.45, 2.75) is 18.9 Å². The molecule has 1 aromatic carbocycles. The molecule has 8 heteroatoms. The third kappa shape index (κ3) is 2.97. The van der Waals surface area contributed by atoms with Crippen LogP contribution in [0.3, 0.4) is 0 Å². The van der Waals surface area contributed by atoms with Crippen LogP contribution >= 0.6 is 11.6 Å². The molecule has 0 fully saturated rings. The van der Waals surface area contributed by atoms with Gasteiger partial charge in [0.1, 0.15) is 0 Å². The number of halogens is 1. The molecule has 0 amide bonds. The van der Waals surface area contributed by atoms with Gasteiger partial charge in [0, 0.05) is 17.8 Å². The summed E-state index contributed by atoms with van der Waals surface area (Å²) in [6, 6.07) is 7.00. The van der Waals surface area contributed by atoms with Gasteiger partial charge in [-0.25, -0.2) is 4.98 Å². The summed E-state index contributed by atoms with van der Waals surface area (Å²) in [5.74, 6) is 0. The van der Waals surface area contributed by atoms with Crippen molar-refractivity contribution in [2.24, 2.45) is 0 Å². The van der Waals surface area contributed by atoms with Crippen molar-refractivity contribution in [1.29, 1.82) is 0 Å². The van der Waals surface area contributed by atoms with Gasteiger partial charge in [-0.15, -0.1) is 0 Å². The third-order valence-electron chi connectivity index (χ3n) is 3.25. The molecular weight excluding hydrogens is 336 g/mol. The lowest BCUT2D eigenvalue weighted by molar-refractivity contribution is 0.595. The molecular formula is C15H13ClN4O2S. The number of sulfonamides is 1. The molecule has 3 aromatic rings. The van der Waals surface area contributed by atoms with Crippen LogP contribution in [0.4, 0.5) is 5.69 Å². The standard InChI is InChI=1S/C15H13ClN4O2S/c1-9-8-18-10(2)15(19-9)23(21,22)20-14-12(16)6-5-11-4-3-7-17-13(11)14/h3-8,20H,1-2H3. The Morgan fingerprint density at radius 1 is 1.13 bits per heavy atom. The van der Waals surface area contributed by atoms with Gasteiger partial charge in [-0.3, -0.25) is 14.7 Å². The zero-order chi connectivity index (χ0) is 16.6. The number of nitrogens with one attached hydrogen (secondary N) is 1. The van der Waals surface area contributed by atoms with E-state index < -0.39 is 10.0 Å². The molecule has 118 valence electrons. The summed E-state index contributed by atoms with van der Waals surface area (Å²) in [5, 5.41) is 0.918. The summed E-state index contributed by atoms with van der Waals surface area (Å²) >= 11 is 6.16. The minimum atomic E-state index is -3.93. The average Bonchev–Trinajstić information content (AvgIpc) is 2.52. The van der Waals surface area contributed by atoms with Crippen LogP contribution in [0.5, 0.6) is 0 Å². The summed E-state index contributed by atoms with van der Waals surface area (Å²) < 4.78 is 27.8. The summed E-state index contributed by atoms with van der Waals surface area (Å²) in [4.78, 5) is 12.3. The van der Waals surface area contributed by atoms with Crippen molar-refractivity contribution in [1.82, 2.24) is 15.0 Å². The minimum Gasteiger partial charge on any atom is -0.275 e. The molecule has 0 unspecified atom stereocenters. The van der Waals surface area contributed by atoms with Crippen LogP contribution in [0.2, 0.25) is 5.02 Å². The van der Waals surface area contributed by atoms with Gasteiger partial charge >= 0.3 is 0 Å². The van der Waals surface area contributed by atoms with E-state index in [4.69, 9.17) is 11.6 Å². The van der Waals surface area contributed by atoms with Crippen molar-refractivity contribution in [2.75, 3.05) is 4.72 Å². The lowest BCUT2D eigenvalue weighted by Gasteiger charge is -2.12. The molecule has 0 bridgehead atoms. The Bertz CT molecular complexity index is 1010. The van der Waals surface area contributed by atoms with Crippen LogP contribution < -0.4 is 4.72 Å². The highest BCUT2D eigenvalue weighted by Crippen LogP contribution is 2.31. The normalized spacial score (nSPS) is 11.6. The van der Waals surface area contributed by atoms with Gasteiger partial charge in [-0.05, 0) is 26.0 Å². The maximum absolute atomic E-state index is 12.7. The van der Waals surface area contributed by atoms with E-state index in [2.05, 4.69) is 19.7 Å². The van der Waals surface area contributed by atoms with Crippen LogP contribution in [-0.4, -0.2) is 23.4 Å². The van der Waals surface area contributed by atoms with Gasteiger partial charge in [0.15, 0.2) is 5.03 Å². The molecule has 0 atom stereocenters. The summed E-state index contributed by atoms with van der Waals surface area (Å²) in [7, 11) is -3.93. The van der Waals surface area contributed by atoms with Crippen molar-refractivity contribution >= 4 is 38.2 Å². The van der Waals surface area contributed by atoms with Gasteiger partial charge in [-0.1, -0.05) is 23.7 Å². The zero-order valence-electron chi connectivity index (χ0n) is 12.4. The van der Waals surface area contributed by atoms with Crippen molar-refractivity contribution in [3.05, 3.63) is 53.1 Å². The Morgan fingerprint density at radius 2 is 1.91 bits per heavy atom. The molecule has 0 spiro atoms. The first-order valence-corrected chi connectivity index (χ1v) is 8.61. The summed E-state index contributed by atoms with van der Waals surface area (Å²) in [6.07, 6.45) is 3.09. The molecule has 6 nitrogen and oxygen atoms in total. The number of aromatic nitrogens is 3. The topological polar surface area (TPSA) is 84.8 Å². The SMILES string of the molecule is Cc1cnc(C)c(S(=O)(=O)Nc2c(Cl)ccc3cccnc23)n1. The quantitative estimate of drug-likeness (QED) is 0.786. The maximum atomic E-state index is 12.7. The molecule has 0 aliphatic carbocycles. The number of anilines is 1. The van der Waals surface area contributed by atoms with Crippen LogP contribution in [0.25, 0.3) is 10.9 Å². The van der Waals surface area contributed by atoms with E-state index in [-0.39, 0.29) is 15.7 Å². The Morgan fingerprint density at radius 3 is 2.70 bits per heavy atom. The number of aryl methyl sites for hydroxylation is 2. The minimum absolute atomic E-state index is 0.124. The van der Waals surface area contributed by atoms with Crippen LogP contribution in [-0.2, 0) is 10.0 Å². The first-order chi connectivity index (χ1) is 10.9. The average molecular weight is 349 g/mol. The van der Waals surface area contributed by atoms with E-state index in [1.165, 1.54) is 6.20 Å². The molecule has 0 aliphatic heterocycles. The number of fused-ring (bicyclic) bond motifs is 1. The highest BCUT2D eigenvalue weighted by Gasteiger charge is 2.22. The fourth-order valence-electron chi connectivity index (χ4n) is 2.17. The van der Waals surface area contributed by atoms with E-state index in [1.807, 2.05) is 6.07 Å². The first-order valence-electron chi connectivity index (χ1n) is 6.75. The Balaban J connectivity index is 2.15. The van der Waals surface area contributed by atoms with Crippen molar-refractivity contribution in [3.63, 3.8) is 0 Å². The summed E-state index contributed by atoms with van der Waals surface area (Å²) in [5.41, 5.74) is 1.53. The van der Waals surface area contributed by atoms with E-state index in [0.717, 1.165) is 5.39 Å². The molecule has 2 heterocycles. The van der Waals surface area contributed by atoms with Gasteiger partial charge < -0.3 is 0 Å². The first kappa shape index (κ1) is 15.6. The number of hydrogen-bond acceptors (Lipinski definition) is 5. The monoisotopic (exact) mass is 348 g/mol. The molecule has 2 aromatic heterocycles. The van der Waals surface area contributed by atoms with E-state index >= 15 is 0 Å². The number of hydrogen-bond donors (Lipinski definition) is 1. The summed E-state index contributed by atoms with van der Waals surface area (Å²) in [6.45, 7) is 3.27. The zero-order valence-corrected chi connectivity index (χ0v) is 14.0. The van der Waals surface area contributed by atoms with Crippen LogP contribution in [0.1, 0.15) is 11.4 Å². The second-order valence-electron chi connectivity index (χ2n) is 5.00. The number of pyridine rings is 1. The molecule has 0 saturated carbocycles. The fourth-order valence-corrected chi connectivity index (χ4v) is 3.70. The van der Waals surface area contributed by atoms with Gasteiger partial charge in [0.2, 0.25) is 0 Å². The smallest absolute Gasteiger partial charge is 0.275 e. The van der Waals surface area contributed by atoms with E-state index in [1.54, 1.807) is 38.2 Å². The van der Waals surface area contributed by atoms with Crippen LogP contribution in [0, 0.1) is 13.8 Å². The Kier molecular flexibility index (Phi) is 3.91. The number of nitrogens with zero attached hydrogens (tertiary/aromatic N) is 3. The number of benzene rings is 1.